The smallest absolute Gasteiger partial charge is 0.406 e. The van der Waals surface area contributed by atoms with E-state index in [1.165, 1.54) is 38.8 Å². The van der Waals surface area contributed by atoms with Gasteiger partial charge in [-0.05, 0) is 37.1 Å². The number of benzene rings is 1. The Morgan fingerprint density at radius 3 is 2.66 bits per heavy atom. The van der Waals surface area contributed by atoms with Gasteiger partial charge in [-0.1, -0.05) is 17.2 Å². The van der Waals surface area contributed by atoms with Crippen LogP contribution in [0.25, 0.3) is 10.4 Å². The van der Waals surface area contributed by atoms with Crippen molar-refractivity contribution in [1.82, 2.24) is 14.6 Å². The highest BCUT2D eigenvalue weighted by Crippen LogP contribution is 2.46. The van der Waals surface area contributed by atoms with Gasteiger partial charge >= 0.3 is 19.4 Å². The second kappa shape index (κ2) is 12.9. The number of aromatic nitrogens is 2. The number of methoxy groups -OCH3 is 2. The minimum absolute atomic E-state index is 0.0898. The maximum Gasteiger partial charge on any atom is 0.406 e. The standard InChI is InChI=1S/C22H29N6O9P/c1-13-10-28(22(31)24-20(13)29)19-9-17(25-27-23)18(37-19)12-36-38(32,26-14(2)21(30)34-4)35-11-15-5-7-16(33-3)8-6-15/h5-8,10,14,17-19H,9,11-12H2,1-4H3,(H,26,32)(H,24,29,31)/t14?,17-,18+,19+,38?/m0/s1. The lowest BCUT2D eigenvalue weighted by Crippen LogP contribution is -2.35. The predicted molar refractivity (Wildman–Crippen MR) is 133 cm³/mol. The first-order valence-corrected chi connectivity index (χ1v) is 13.0. The number of rotatable bonds is 12. The number of nitrogens with one attached hydrogen (secondary N) is 2. The van der Waals surface area contributed by atoms with E-state index >= 15 is 0 Å². The summed E-state index contributed by atoms with van der Waals surface area (Å²) in [6.07, 6.45) is -0.385. The van der Waals surface area contributed by atoms with E-state index in [2.05, 4.69) is 24.8 Å². The number of carbonyl (C=O) groups is 1. The van der Waals surface area contributed by atoms with Gasteiger partial charge in [-0.2, -0.15) is 0 Å². The lowest BCUT2D eigenvalue weighted by atomic mass is 10.1. The largest absolute Gasteiger partial charge is 0.497 e. The molecule has 0 saturated carbocycles. The van der Waals surface area contributed by atoms with Crippen LogP contribution in [0.1, 0.15) is 30.7 Å². The Morgan fingerprint density at radius 2 is 2.03 bits per heavy atom. The molecular weight excluding hydrogens is 523 g/mol. The van der Waals surface area contributed by atoms with Crippen molar-refractivity contribution in [2.24, 2.45) is 5.11 Å². The zero-order valence-electron chi connectivity index (χ0n) is 21.2. The molecule has 16 heteroatoms. The first-order valence-electron chi connectivity index (χ1n) is 11.5. The third kappa shape index (κ3) is 7.32. The van der Waals surface area contributed by atoms with Gasteiger partial charge in [0.2, 0.25) is 0 Å². The van der Waals surface area contributed by atoms with Gasteiger partial charge < -0.3 is 14.2 Å². The maximum absolute atomic E-state index is 13.6. The summed E-state index contributed by atoms with van der Waals surface area (Å²) < 4.78 is 41.7. The van der Waals surface area contributed by atoms with Gasteiger partial charge in [0, 0.05) is 23.1 Å². The molecule has 1 fully saturated rings. The van der Waals surface area contributed by atoms with E-state index < -0.39 is 49.4 Å². The Labute approximate surface area is 217 Å². The fraction of sp³-hybridized carbons (Fsp3) is 0.500. The number of aromatic amines is 1. The Morgan fingerprint density at radius 1 is 1.32 bits per heavy atom. The molecule has 0 radical (unpaired) electrons. The van der Waals surface area contributed by atoms with Crippen molar-refractivity contribution in [3.05, 3.63) is 72.9 Å². The van der Waals surface area contributed by atoms with Crippen molar-refractivity contribution >= 4 is 13.7 Å². The second-order valence-electron chi connectivity index (χ2n) is 8.40. The van der Waals surface area contributed by atoms with Crippen LogP contribution in [0.3, 0.4) is 0 Å². The Bertz CT molecular complexity index is 1340. The first kappa shape index (κ1) is 29.1. The van der Waals surface area contributed by atoms with E-state index in [1.807, 2.05) is 0 Å². The molecule has 15 nitrogen and oxygen atoms in total. The van der Waals surface area contributed by atoms with Gasteiger partial charge in [-0.3, -0.25) is 28.2 Å². The molecule has 1 saturated heterocycles. The molecule has 0 spiro atoms. The van der Waals surface area contributed by atoms with Crippen molar-refractivity contribution in [2.45, 2.75) is 51.3 Å². The molecule has 0 aliphatic carbocycles. The molecule has 2 heterocycles. The van der Waals surface area contributed by atoms with E-state index in [0.29, 0.717) is 11.3 Å². The first-order chi connectivity index (χ1) is 18.1. The number of nitrogens with zero attached hydrogens (tertiary/aromatic N) is 4. The minimum atomic E-state index is -4.15. The van der Waals surface area contributed by atoms with E-state index in [1.54, 1.807) is 24.3 Å². The van der Waals surface area contributed by atoms with Crippen LogP contribution in [0, 0.1) is 6.92 Å². The summed E-state index contributed by atoms with van der Waals surface area (Å²) in [7, 11) is -1.44. The molecule has 2 aromatic rings. The minimum Gasteiger partial charge on any atom is -0.497 e. The lowest BCUT2D eigenvalue weighted by molar-refractivity contribution is -0.142. The number of ether oxygens (including phenoxy) is 3. The van der Waals surface area contributed by atoms with Crippen LogP contribution in [0.15, 0.2) is 45.2 Å². The average molecular weight is 552 g/mol. The zero-order valence-corrected chi connectivity index (χ0v) is 22.1. The number of hydrogen-bond acceptors (Lipinski definition) is 10. The molecule has 1 aliphatic heterocycles. The molecule has 3 rings (SSSR count). The quantitative estimate of drug-likeness (QED) is 0.130. The molecule has 38 heavy (non-hydrogen) atoms. The summed E-state index contributed by atoms with van der Waals surface area (Å²) in [4.78, 5) is 41.0. The average Bonchev–Trinajstić information content (AvgIpc) is 3.30. The molecule has 206 valence electrons. The van der Waals surface area contributed by atoms with Crippen LogP contribution >= 0.6 is 7.75 Å². The number of aryl methyl sites for hydroxylation is 1. The number of carbonyl (C=O) groups excluding carboxylic acids is 1. The van der Waals surface area contributed by atoms with E-state index in [9.17, 15) is 18.9 Å². The molecule has 1 aliphatic rings. The highest BCUT2D eigenvalue weighted by molar-refractivity contribution is 7.51. The highest BCUT2D eigenvalue weighted by Gasteiger charge is 2.39. The normalized spacial score (nSPS) is 21.2. The van der Waals surface area contributed by atoms with Crippen LogP contribution in [-0.4, -0.2) is 54.5 Å². The number of azide groups is 1. The van der Waals surface area contributed by atoms with Gasteiger partial charge in [0.25, 0.3) is 5.56 Å². The second-order valence-corrected chi connectivity index (χ2v) is 10.2. The van der Waals surface area contributed by atoms with Crippen molar-refractivity contribution in [3.63, 3.8) is 0 Å². The third-order valence-electron chi connectivity index (χ3n) is 5.74. The third-order valence-corrected chi connectivity index (χ3v) is 7.40. The van der Waals surface area contributed by atoms with E-state index in [4.69, 9.17) is 24.1 Å². The van der Waals surface area contributed by atoms with Crippen molar-refractivity contribution in [1.29, 1.82) is 0 Å². The van der Waals surface area contributed by atoms with Crippen molar-refractivity contribution in [3.8, 4) is 5.75 Å². The van der Waals surface area contributed by atoms with Crippen molar-refractivity contribution < 1.29 is 32.6 Å². The van der Waals surface area contributed by atoms with Gasteiger partial charge in [0.15, 0.2) is 0 Å². The summed E-state index contributed by atoms with van der Waals surface area (Å²) >= 11 is 0. The zero-order chi connectivity index (χ0) is 27.9. The lowest BCUT2D eigenvalue weighted by Gasteiger charge is -2.24. The van der Waals surface area contributed by atoms with E-state index in [0.717, 1.165) is 0 Å². The fourth-order valence-corrected chi connectivity index (χ4v) is 5.12. The summed E-state index contributed by atoms with van der Waals surface area (Å²) in [5.41, 5.74) is 8.72. The fourth-order valence-electron chi connectivity index (χ4n) is 3.66. The van der Waals surface area contributed by atoms with Crippen LogP contribution in [-0.2, 0) is 34.5 Å². The Hall–Kier alpha value is -3.45. The molecule has 0 bridgehead atoms. The van der Waals surface area contributed by atoms with Crippen molar-refractivity contribution in [2.75, 3.05) is 20.8 Å². The summed E-state index contributed by atoms with van der Waals surface area (Å²) in [6, 6.07) is 4.98. The highest BCUT2D eigenvalue weighted by atomic mass is 31.2. The van der Waals surface area contributed by atoms with Gasteiger partial charge in [-0.25, -0.2) is 14.4 Å². The molecule has 5 atom stereocenters. The Kier molecular flexibility index (Phi) is 9.86. The Balaban J connectivity index is 1.77. The molecule has 2 unspecified atom stereocenters. The van der Waals surface area contributed by atoms with Gasteiger partial charge in [0.1, 0.15) is 18.0 Å². The van der Waals surface area contributed by atoms with Gasteiger partial charge in [-0.15, -0.1) is 0 Å². The van der Waals surface area contributed by atoms with Crippen LogP contribution in [0.2, 0.25) is 0 Å². The predicted octanol–water partition coefficient (Wildman–Crippen LogP) is 2.31. The summed E-state index contributed by atoms with van der Waals surface area (Å²) in [5.74, 6) is -0.0711. The SMILES string of the molecule is COC(=O)C(C)NP(=O)(OCc1ccc(OC)cc1)OC[C@H]1O[C@@H](n2cc(C)c(=O)[nH]c2=O)C[C@@H]1N=[N+]=[N-]. The molecule has 2 N–H and O–H groups in total. The van der Waals surface area contributed by atoms with E-state index in [-0.39, 0.29) is 25.2 Å². The molecular formula is C22H29N6O9P. The molecule has 1 aromatic carbocycles. The molecule has 0 amide bonds. The monoisotopic (exact) mass is 552 g/mol. The number of esters is 1. The van der Waals surface area contributed by atoms with Crippen LogP contribution < -0.4 is 21.1 Å². The summed E-state index contributed by atoms with van der Waals surface area (Å²) in [6.45, 7) is 2.44. The summed E-state index contributed by atoms with van der Waals surface area (Å²) in [5, 5.41) is 6.25. The molecule has 1 aromatic heterocycles. The van der Waals surface area contributed by atoms with Gasteiger partial charge in [0.05, 0.1) is 39.6 Å². The van der Waals surface area contributed by atoms with Crippen LogP contribution in [0.5, 0.6) is 5.75 Å². The topological polar surface area (TPSA) is 196 Å². The number of hydrogen-bond donors (Lipinski definition) is 2. The number of H-pyrrole nitrogens is 1. The maximum atomic E-state index is 13.6. The van der Waals surface area contributed by atoms with Crippen LogP contribution in [0.4, 0.5) is 0 Å².